The minimum absolute atomic E-state index is 0.0329. The molecule has 2 aromatic rings. The summed E-state index contributed by atoms with van der Waals surface area (Å²) in [6, 6.07) is 9.31. The number of nitrogens with one attached hydrogen (secondary N) is 2. The van der Waals surface area contributed by atoms with Crippen molar-refractivity contribution in [3.8, 4) is 0 Å². The molecule has 0 bridgehead atoms. The molecule has 0 aromatic heterocycles. The van der Waals surface area contributed by atoms with Crippen LogP contribution in [-0.2, 0) is 9.53 Å². The van der Waals surface area contributed by atoms with Crippen molar-refractivity contribution in [2.75, 3.05) is 10.6 Å². The van der Waals surface area contributed by atoms with Crippen LogP contribution in [0.25, 0.3) is 0 Å². The van der Waals surface area contributed by atoms with E-state index in [1.54, 1.807) is 0 Å². The first-order valence-electron chi connectivity index (χ1n) is 8.66. The molecule has 1 saturated carbocycles. The van der Waals surface area contributed by atoms with Crippen molar-refractivity contribution in [3.05, 3.63) is 64.0 Å². The standard InChI is InChI=1S/C19H18FN3O5/c1-11(18(24)22-15-5-3-13(20)4-6-15)28-19(25)12-2-9-16(21-14-7-8-14)17(10-12)23(26)27/h2-6,9-11,14,21H,7-8H2,1H3,(H,22,24)/t11-/m1/s1. The van der Waals surface area contributed by atoms with Gasteiger partial charge in [0.25, 0.3) is 11.6 Å². The minimum Gasteiger partial charge on any atom is -0.449 e. The monoisotopic (exact) mass is 387 g/mol. The molecular formula is C19H18FN3O5. The van der Waals surface area contributed by atoms with Gasteiger partial charge in [0.1, 0.15) is 11.5 Å². The van der Waals surface area contributed by atoms with E-state index >= 15 is 0 Å². The number of amides is 1. The number of carbonyl (C=O) groups is 2. The summed E-state index contributed by atoms with van der Waals surface area (Å²) in [6.45, 7) is 1.37. The van der Waals surface area contributed by atoms with Crippen molar-refractivity contribution >= 4 is 28.9 Å². The summed E-state index contributed by atoms with van der Waals surface area (Å²) in [7, 11) is 0. The first kappa shape index (κ1) is 19.3. The quantitative estimate of drug-likeness (QED) is 0.427. The maximum absolute atomic E-state index is 12.9. The van der Waals surface area contributed by atoms with Crippen LogP contribution in [0.1, 0.15) is 30.1 Å². The number of anilines is 2. The van der Waals surface area contributed by atoms with Crippen LogP contribution in [-0.4, -0.2) is 28.9 Å². The number of carbonyl (C=O) groups excluding carboxylic acids is 2. The summed E-state index contributed by atoms with van der Waals surface area (Å²) in [5.74, 6) is -1.91. The second-order valence-electron chi connectivity index (χ2n) is 6.45. The highest BCUT2D eigenvalue weighted by atomic mass is 19.1. The van der Waals surface area contributed by atoms with Gasteiger partial charge < -0.3 is 15.4 Å². The number of nitro benzene ring substituents is 1. The number of benzene rings is 2. The van der Waals surface area contributed by atoms with Gasteiger partial charge in [-0.3, -0.25) is 14.9 Å². The molecule has 146 valence electrons. The zero-order chi connectivity index (χ0) is 20.3. The van der Waals surface area contributed by atoms with E-state index in [0.717, 1.165) is 18.9 Å². The highest BCUT2D eigenvalue weighted by Gasteiger charge is 2.26. The molecule has 2 N–H and O–H groups in total. The zero-order valence-electron chi connectivity index (χ0n) is 15.0. The Labute approximate surface area is 159 Å². The van der Waals surface area contributed by atoms with Crippen molar-refractivity contribution in [1.82, 2.24) is 0 Å². The Hall–Kier alpha value is -3.49. The highest BCUT2D eigenvalue weighted by Crippen LogP contribution is 2.31. The molecule has 8 nitrogen and oxygen atoms in total. The molecule has 0 aliphatic heterocycles. The van der Waals surface area contributed by atoms with Crippen molar-refractivity contribution in [1.29, 1.82) is 0 Å². The molecule has 3 rings (SSSR count). The first-order chi connectivity index (χ1) is 13.3. The van der Waals surface area contributed by atoms with E-state index < -0.39 is 28.7 Å². The van der Waals surface area contributed by atoms with E-state index in [2.05, 4.69) is 10.6 Å². The van der Waals surface area contributed by atoms with Gasteiger partial charge in [-0.1, -0.05) is 0 Å². The molecule has 9 heteroatoms. The lowest BCUT2D eigenvalue weighted by molar-refractivity contribution is -0.384. The average Bonchev–Trinajstić information content (AvgIpc) is 3.47. The molecule has 1 aliphatic rings. The molecule has 28 heavy (non-hydrogen) atoms. The Morgan fingerprint density at radius 1 is 1.21 bits per heavy atom. The maximum atomic E-state index is 12.9. The van der Waals surface area contributed by atoms with Gasteiger partial charge in [0.05, 0.1) is 10.5 Å². The predicted octanol–water partition coefficient (Wildman–Crippen LogP) is 3.49. The Bertz CT molecular complexity index is 912. The summed E-state index contributed by atoms with van der Waals surface area (Å²) >= 11 is 0. The van der Waals surface area contributed by atoms with Crippen molar-refractivity contribution in [2.45, 2.75) is 31.9 Å². The van der Waals surface area contributed by atoms with Crippen molar-refractivity contribution < 1.29 is 23.6 Å². The van der Waals surface area contributed by atoms with Crippen LogP contribution in [0.3, 0.4) is 0 Å². The van der Waals surface area contributed by atoms with Crippen LogP contribution in [0.15, 0.2) is 42.5 Å². The molecule has 0 radical (unpaired) electrons. The lowest BCUT2D eigenvalue weighted by atomic mass is 10.1. The normalized spacial score (nSPS) is 14.1. The molecule has 0 saturated heterocycles. The van der Waals surface area contributed by atoms with Gasteiger partial charge in [0.15, 0.2) is 6.10 Å². The van der Waals surface area contributed by atoms with Crippen LogP contribution >= 0.6 is 0 Å². The van der Waals surface area contributed by atoms with Crippen LogP contribution in [0.2, 0.25) is 0 Å². The Morgan fingerprint density at radius 3 is 2.50 bits per heavy atom. The zero-order valence-corrected chi connectivity index (χ0v) is 15.0. The van der Waals surface area contributed by atoms with E-state index in [-0.39, 0.29) is 17.3 Å². The van der Waals surface area contributed by atoms with Gasteiger partial charge in [0.2, 0.25) is 0 Å². The lowest BCUT2D eigenvalue weighted by Gasteiger charge is -2.14. The number of hydrogen-bond donors (Lipinski definition) is 2. The third kappa shape index (κ3) is 4.81. The molecule has 1 aliphatic carbocycles. The molecule has 2 aromatic carbocycles. The smallest absolute Gasteiger partial charge is 0.339 e. The van der Waals surface area contributed by atoms with E-state index in [1.165, 1.54) is 43.3 Å². The van der Waals surface area contributed by atoms with Gasteiger partial charge in [-0.05, 0) is 56.2 Å². The van der Waals surface area contributed by atoms with E-state index in [4.69, 9.17) is 4.74 Å². The topological polar surface area (TPSA) is 111 Å². The number of nitro groups is 1. The maximum Gasteiger partial charge on any atom is 0.339 e. The molecule has 1 fully saturated rings. The summed E-state index contributed by atoms with van der Waals surface area (Å²) in [5, 5.41) is 16.8. The summed E-state index contributed by atoms with van der Waals surface area (Å²) in [6.07, 6.45) is 0.740. The second kappa shape index (κ2) is 8.03. The number of halogens is 1. The fourth-order valence-corrected chi connectivity index (χ4v) is 2.44. The number of hydrogen-bond acceptors (Lipinski definition) is 6. The fourth-order valence-electron chi connectivity index (χ4n) is 2.44. The van der Waals surface area contributed by atoms with Gasteiger partial charge in [-0.15, -0.1) is 0 Å². The van der Waals surface area contributed by atoms with Crippen LogP contribution in [0.5, 0.6) is 0 Å². The Kier molecular flexibility index (Phi) is 5.53. The average molecular weight is 387 g/mol. The van der Waals surface area contributed by atoms with Crippen molar-refractivity contribution in [2.24, 2.45) is 0 Å². The molecule has 1 amide bonds. The summed E-state index contributed by atoms with van der Waals surface area (Å²) in [4.78, 5) is 35.1. The molecule has 1 atom stereocenters. The second-order valence-corrected chi connectivity index (χ2v) is 6.45. The largest absolute Gasteiger partial charge is 0.449 e. The summed E-state index contributed by atoms with van der Waals surface area (Å²) < 4.78 is 18.0. The number of esters is 1. The molecule has 0 unspecified atom stereocenters. The number of rotatable bonds is 7. The van der Waals surface area contributed by atoms with Crippen molar-refractivity contribution in [3.63, 3.8) is 0 Å². The predicted molar refractivity (Wildman–Crippen MR) is 99.6 cm³/mol. The van der Waals surface area contributed by atoms with E-state index in [1.807, 2.05) is 0 Å². The number of ether oxygens (including phenoxy) is 1. The van der Waals surface area contributed by atoms with E-state index in [9.17, 15) is 24.1 Å². The third-order valence-electron chi connectivity index (χ3n) is 4.13. The minimum atomic E-state index is -1.15. The third-order valence-corrected chi connectivity index (χ3v) is 4.13. The van der Waals surface area contributed by atoms with Crippen LogP contribution in [0.4, 0.5) is 21.5 Å². The first-order valence-corrected chi connectivity index (χ1v) is 8.66. The fraction of sp³-hybridized carbons (Fsp3) is 0.263. The van der Waals surface area contributed by atoms with Crippen LogP contribution < -0.4 is 10.6 Å². The number of nitrogens with zero attached hydrogens (tertiary/aromatic N) is 1. The lowest BCUT2D eigenvalue weighted by Crippen LogP contribution is -2.30. The molecular weight excluding hydrogens is 369 g/mol. The van der Waals surface area contributed by atoms with Crippen LogP contribution in [0, 0.1) is 15.9 Å². The Morgan fingerprint density at radius 2 is 1.89 bits per heavy atom. The van der Waals surface area contributed by atoms with Gasteiger partial charge in [-0.2, -0.15) is 0 Å². The summed E-state index contributed by atoms with van der Waals surface area (Å²) in [5.41, 5.74) is 0.422. The van der Waals surface area contributed by atoms with Gasteiger partial charge >= 0.3 is 5.97 Å². The highest BCUT2D eigenvalue weighted by molar-refractivity contribution is 5.97. The molecule has 0 spiro atoms. The Balaban J connectivity index is 1.65. The van der Waals surface area contributed by atoms with Gasteiger partial charge in [0, 0.05) is 17.8 Å². The van der Waals surface area contributed by atoms with E-state index in [0.29, 0.717) is 11.4 Å². The molecule has 0 heterocycles. The SMILES string of the molecule is C[C@@H](OC(=O)c1ccc(NC2CC2)c([N+](=O)[O-])c1)C(=O)Nc1ccc(F)cc1. The van der Waals surface area contributed by atoms with Gasteiger partial charge in [-0.25, -0.2) is 9.18 Å².